The molecule has 1 saturated heterocycles. The highest BCUT2D eigenvalue weighted by atomic mass is 16.6. The van der Waals surface area contributed by atoms with Crippen molar-refractivity contribution in [2.24, 2.45) is 17.3 Å². The Morgan fingerprint density at radius 1 is 1.40 bits per heavy atom. The maximum absolute atomic E-state index is 12.4. The van der Waals surface area contributed by atoms with E-state index >= 15 is 0 Å². The normalized spacial score (nSPS) is 51.5. The minimum absolute atomic E-state index is 0.0987. The third-order valence-electron chi connectivity index (χ3n) is 5.83. The quantitative estimate of drug-likeness (QED) is 0.501. The van der Waals surface area contributed by atoms with Gasteiger partial charge in [-0.25, -0.2) is 4.79 Å². The van der Waals surface area contributed by atoms with Gasteiger partial charge in [-0.05, 0) is 25.7 Å². The lowest BCUT2D eigenvalue weighted by Gasteiger charge is -2.43. The molecule has 0 spiro atoms. The first kappa shape index (κ1) is 13.8. The number of carbonyl (C=O) groups excluding carboxylic acids is 2. The zero-order chi connectivity index (χ0) is 14.9. The minimum Gasteiger partial charge on any atom is -0.457 e. The van der Waals surface area contributed by atoms with Gasteiger partial charge in [0.05, 0.1) is 23.0 Å². The van der Waals surface area contributed by atoms with Crippen LogP contribution in [-0.4, -0.2) is 39.8 Å². The van der Waals surface area contributed by atoms with Crippen molar-refractivity contribution >= 4 is 11.8 Å². The maximum atomic E-state index is 12.4. The molecule has 6 atom stereocenters. The van der Waals surface area contributed by atoms with E-state index in [0.29, 0.717) is 12.8 Å². The molecule has 20 heavy (non-hydrogen) atoms. The highest BCUT2D eigenvalue weighted by molar-refractivity contribution is 5.95. The van der Waals surface area contributed by atoms with Crippen LogP contribution >= 0.6 is 0 Å². The molecule has 6 unspecified atom stereocenters. The smallest absolute Gasteiger partial charge is 0.334 e. The Hall–Kier alpha value is -1.20. The summed E-state index contributed by atoms with van der Waals surface area (Å²) in [7, 11) is 0. The van der Waals surface area contributed by atoms with E-state index in [1.165, 1.54) is 0 Å². The number of aliphatic hydroxyl groups excluding tert-OH is 1. The van der Waals surface area contributed by atoms with Gasteiger partial charge < -0.3 is 14.9 Å². The lowest BCUT2D eigenvalue weighted by molar-refractivity contribution is -0.171. The van der Waals surface area contributed by atoms with E-state index in [2.05, 4.69) is 6.58 Å². The van der Waals surface area contributed by atoms with Crippen LogP contribution in [0, 0.1) is 17.3 Å². The molecule has 0 aromatic heterocycles. The fraction of sp³-hybridized carbons (Fsp3) is 0.733. The Kier molecular flexibility index (Phi) is 2.70. The van der Waals surface area contributed by atoms with E-state index in [-0.39, 0.29) is 23.7 Å². The first-order valence-corrected chi connectivity index (χ1v) is 7.07. The molecule has 5 nitrogen and oxygen atoms in total. The van der Waals surface area contributed by atoms with E-state index in [1.807, 2.05) is 6.92 Å². The molecular weight excluding hydrogens is 260 g/mol. The maximum Gasteiger partial charge on any atom is 0.334 e. The molecule has 3 rings (SSSR count). The van der Waals surface area contributed by atoms with E-state index < -0.39 is 35.1 Å². The number of fused-ring (bicyclic) bond motifs is 3. The van der Waals surface area contributed by atoms with Gasteiger partial charge in [0, 0.05) is 12.0 Å². The summed E-state index contributed by atoms with van der Waals surface area (Å²) in [4.78, 5) is 24.2. The second kappa shape index (κ2) is 3.92. The van der Waals surface area contributed by atoms with Crippen molar-refractivity contribution in [1.82, 2.24) is 0 Å². The molecule has 1 aliphatic heterocycles. The van der Waals surface area contributed by atoms with E-state index in [0.717, 1.165) is 0 Å². The standard InChI is InChI=1S/C15H20O5/c1-7-6-9(16)11-8(2)13(18)20-12(11)14(3)10(17)4-5-15(7,14)19/h7,9,11-12,16,19H,2,4-6H2,1,3H3. The topological polar surface area (TPSA) is 83.8 Å². The van der Waals surface area contributed by atoms with Gasteiger partial charge in [0.1, 0.15) is 11.9 Å². The van der Waals surface area contributed by atoms with Crippen molar-refractivity contribution in [1.29, 1.82) is 0 Å². The molecule has 2 aliphatic carbocycles. The number of esters is 1. The fourth-order valence-electron chi connectivity index (χ4n) is 4.43. The molecule has 110 valence electrons. The number of hydrogen-bond acceptors (Lipinski definition) is 5. The largest absolute Gasteiger partial charge is 0.457 e. The highest BCUT2D eigenvalue weighted by Gasteiger charge is 2.69. The number of ketones is 1. The van der Waals surface area contributed by atoms with Crippen LogP contribution in [0.4, 0.5) is 0 Å². The Labute approximate surface area is 117 Å². The molecule has 2 saturated carbocycles. The SMILES string of the molecule is C=C1C(=O)OC2C1C(O)CC(C)C1(O)CCC(=O)C21C. The molecule has 3 fully saturated rings. The van der Waals surface area contributed by atoms with E-state index in [9.17, 15) is 19.8 Å². The van der Waals surface area contributed by atoms with Crippen molar-refractivity contribution in [3.63, 3.8) is 0 Å². The number of carbonyl (C=O) groups is 2. The number of hydrogen-bond donors (Lipinski definition) is 2. The summed E-state index contributed by atoms with van der Waals surface area (Å²) in [6.07, 6.45) is -0.684. The van der Waals surface area contributed by atoms with Crippen molar-refractivity contribution in [3.8, 4) is 0 Å². The average molecular weight is 280 g/mol. The summed E-state index contributed by atoms with van der Waals surface area (Å²) in [5.74, 6) is -1.52. The monoisotopic (exact) mass is 280 g/mol. The first-order chi connectivity index (χ1) is 9.23. The summed E-state index contributed by atoms with van der Waals surface area (Å²) in [6.45, 7) is 7.21. The number of rotatable bonds is 0. The van der Waals surface area contributed by atoms with Gasteiger partial charge in [0.2, 0.25) is 0 Å². The van der Waals surface area contributed by atoms with Gasteiger partial charge in [0.25, 0.3) is 0 Å². The Bertz CT molecular complexity index is 512. The molecule has 5 heteroatoms. The Morgan fingerprint density at radius 2 is 2.05 bits per heavy atom. The third-order valence-corrected chi connectivity index (χ3v) is 5.83. The van der Waals surface area contributed by atoms with Gasteiger partial charge in [-0.3, -0.25) is 4.79 Å². The van der Waals surface area contributed by atoms with Crippen LogP contribution in [-0.2, 0) is 14.3 Å². The van der Waals surface area contributed by atoms with Crippen molar-refractivity contribution in [2.45, 2.75) is 50.9 Å². The van der Waals surface area contributed by atoms with Crippen LogP contribution < -0.4 is 0 Å². The highest BCUT2D eigenvalue weighted by Crippen LogP contribution is 2.58. The van der Waals surface area contributed by atoms with Gasteiger partial charge in [-0.15, -0.1) is 0 Å². The molecular formula is C15H20O5. The zero-order valence-corrected chi connectivity index (χ0v) is 11.8. The second-order valence-corrected chi connectivity index (χ2v) is 6.63. The average Bonchev–Trinajstić information content (AvgIpc) is 2.79. The summed E-state index contributed by atoms with van der Waals surface area (Å²) < 4.78 is 5.35. The van der Waals surface area contributed by atoms with Crippen molar-refractivity contribution in [3.05, 3.63) is 12.2 Å². The van der Waals surface area contributed by atoms with E-state index in [4.69, 9.17) is 4.74 Å². The first-order valence-electron chi connectivity index (χ1n) is 7.07. The van der Waals surface area contributed by atoms with Crippen LogP contribution in [0.3, 0.4) is 0 Å². The van der Waals surface area contributed by atoms with Crippen LogP contribution in [0.25, 0.3) is 0 Å². The van der Waals surface area contributed by atoms with Crippen LogP contribution in [0.2, 0.25) is 0 Å². The fourth-order valence-corrected chi connectivity index (χ4v) is 4.43. The predicted molar refractivity (Wildman–Crippen MR) is 69.6 cm³/mol. The number of ether oxygens (including phenoxy) is 1. The molecule has 2 N–H and O–H groups in total. The van der Waals surface area contributed by atoms with Crippen LogP contribution in [0.15, 0.2) is 12.2 Å². The minimum atomic E-state index is -1.24. The van der Waals surface area contributed by atoms with Gasteiger partial charge in [0.15, 0.2) is 0 Å². The third kappa shape index (κ3) is 1.35. The molecule has 3 aliphatic rings. The molecule has 0 bridgehead atoms. The molecule has 0 aromatic carbocycles. The zero-order valence-electron chi connectivity index (χ0n) is 11.8. The molecule has 0 amide bonds. The van der Waals surface area contributed by atoms with Crippen molar-refractivity contribution < 1.29 is 24.5 Å². The lowest BCUT2D eigenvalue weighted by atomic mass is 9.65. The van der Waals surface area contributed by atoms with Gasteiger partial charge in [-0.2, -0.15) is 0 Å². The van der Waals surface area contributed by atoms with E-state index in [1.54, 1.807) is 6.92 Å². The summed E-state index contributed by atoms with van der Waals surface area (Å²) >= 11 is 0. The number of aliphatic hydroxyl groups is 2. The molecule has 0 radical (unpaired) electrons. The Morgan fingerprint density at radius 3 is 2.70 bits per heavy atom. The summed E-state index contributed by atoms with van der Waals surface area (Å²) in [6, 6.07) is 0. The van der Waals surface area contributed by atoms with Crippen LogP contribution in [0.5, 0.6) is 0 Å². The summed E-state index contributed by atoms with van der Waals surface area (Å²) in [5, 5.41) is 21.4. The summed E-state index contributed by atoms with van der Waals surface area (Å²) in [5.41, 5.74) is -2.20. The molecule has 1 heterocycles. The predicted octanol–water partition coefficient (Wildman–Crippen LogP) is 0.585. The van der Waals surface area contributed by atoms with Crippen LogP contribution in [0.1, 0.15) is 33.1 Å². The van der Waals surface area contributed by atoms with Gasteiger partial charge in [-0.1, -0.05) is 13.5 Å². The van der Waals surface area contributed by atoms with Crippen molar-refractivity contribution in [2.75, 3.05) is 0 Å². The lowest BCUT2D eigenvalue weighted by Crippen LogP contribution is -2.56. The Balaban J connectivity index is 2.18. The number of Topliss-reactive ketones (excluding diaryl/α,β-unsaturated/α-hetero) is 1. The van der Waals surface area contributed by atoms with Gasteiger partial charge >= 0.3 is 5.97 Å². The second-order valence-electron chi connectivity index (χ2n) is 6.63. The molecule has 0 aromatic rings.